The number of anilines is 2. The number of Topliss-reactive ketones (excluding diaryl/α,β-unsaturated/α-hetero) is 1. The van der Waals surface area contributed by atoms with Gasteiger partial charge in [-0.1, -0.05) is 62.7 Å². The molecule has 9 heteroatoms. The Morgan fingerprint density at radius 3 is 2.41 bits per heavy atom. The van der Waals surface area contributed by atoms with E-state index in [1.165, 1.54) is 0 Å². The molecule has 0 aliphatic carbocycles. The van der Waals surface area contributed by atoms with Gasteiger partial charge in [-0.05, 0) is 50.1 Å². The lowest BCUT2D eigenvalue weighted by Gasteiger charge is -2.20. The Morgan fingerprint density at radius 2 is 1.67 bits per heavy atom. The summed E-state index contributed by atoms with van der Waals surface area (Å²) in [5, 5.41) is 12.5. The molecule has 2 amide bonds. The Labute approximate surface area is 268 Å². The number of benzene rings is 3. The van der Waals surface area contributed by atoms with Crippen molar-refractivity contribution < 1.29 is 19.1 Å². The van der Waals surface area contributed by atoms with Gasteiger partial charge in [-0.2, -0.15) is 5.10 Å². The third-order valence-electron chi connectivity index (χ3n) is 8.18. The number of hydrogen-bond donors (Lipinski definition) is 2. The number of amides is 2. The van der Waals surface area contributed by atoms with Crippen molar-refractivity contribution in [2.45, 2.75) is 52.4 Å². The molecule has 0 spiro atoms. The van der Waals surface area contributed by atoms with Crippen LogP contribution >= 0.6 is 0 Å². The number of ether oxygens (including phenoxy) is 2. The lowest BCUT2D eigenvalue weighted by atomic mass is 9.92. The number of ketones is 1. The van der Waals surface area contributed by atoms with E-state index < -0.39 is 0 Å². The van der Waals surface area contributed by atoms with Gasteiger partial charge in [-0.25, -0.2) is 9.48 Å². The molecule has 0 atom stereocenters. The van der Waals surface area contributed by atoms with Gasteiger partial charge >= 0.3 is 6.03 Å². The summed E-state index contributed by atoms with van der Waals surface area (Å²) in [5.41, 5.74) is 3.97. The summed E-state index contributed by atoms with van der Waals surface area (Å²) in [6.45, 7) is 9.56. The highest BCUT2D eigenvalue weighted by atomic mass is 16.5. The van der Waals surface area contributed by atoms with E-state index in [2.05, 4.69) is 36.4 Å². The Morgan fingerprint density at radius 1 is 0.935 bits per heavy atom. The minimum atomic E-state index is -0.388. The first kappa shape index (κ1) is 31.0. The van der Waals surface area contributed by atoms with Gasteiger partial charge in [0.2, 0.25) is 0 Å². The number of aromatic nitrogens is 3. The first-order valence-corrected chi connectivity index (χ1v) is 15.6. The zero-order chi connectivity index (χ0) is 32.3. The lowest BCUT2D eigenvalue weighted by molar-refractivity contribution is -0.125. The molecule has 0 unspecified atom stereocenters. The highest BCUT2D eigenvalue weighted by Gasteiger charge is 2.23. The minimum Gasteiger partial charge on any atom is -0.457 e. The summed E-state index contributed by atoms with van der Waals surface area (Å²) in [7, 11) is 0. The highest BCUT2D eigenvalue weighted by Crippen LogP contribution is 2.35. The van der Waals surface area contributed by atoms with Crippen LogP contribution in [0.25, 0.3) is 16.5 Å². The van der Waals surface area contributed by atoms with Crippen molar-refractivity contribution in [2.24, 2.45) is 5.92 Å². The van der Waals surface area contributed by atoms with E-state index in [-0.39, 0.29) is 29.6 Å². The fourth-order valence-corrected chi connectivity index (χ4v) is 5.54. The molecule has 3 heterocycles. The van der Waals surface area contributed by atoms with Crippen LogP contribution in [-0.2, 0) is 21.4 Å². The molecule has 1 aliphatic rings. The van der Waals surface area contributed by atoms with Gasteiger partial charge in [0, 0.05) is 60.1 Å². The second kappa shape index (κ2) is 13.1. The largest absolute Gasteiger partial charge is 0.457 e. The molecule has 1 aliphatic heterocycles. The van der Waals surface area contributed by atoms with Crippen LogP contribution in [0.3, 0.4) is 0 Å². The maximum Gasteiger partial charge on any atom is 0.324 e. The van der Waals surface area contributed by atoms with E-state index in [1.54, 1.807) is 16.9 Å². The summed E-state index contributed by atoms with van der Waals surface area (Å²) < 4.78 is 13.5. The Kier molecular flexibility index (Phi) is 8.85. The molecule has 9 nitrogen and oxygen atoms in total. The highest BCUT2D eigenvalue weighted by molar-refractivity contribution is 6.07. The Hall–Kier alpha value is -5.02. The van der Waals surface area contributed by atoms with Gasteiger partial charge in [0.15, 0.2) is 0 Å². The van der Waals surface area contributed by atoms with E-state index in [1.807, 2.05) is 79.7 Å². The van der Waals surface area contributed by atoms with Crippen molar-refractivity contribution in [3.05, 3.63) is 102 Å². The summed E-state index contributed by atoms with van der Waals surface area (Å²) in [6, 6.07) is 24.5. The SMILES string of the molecule is Cc1ccc(-n2nc(C(C)(C)C)cc2NC(=O)Nc2ccc(Oc3ccnc(CC(=O)C4CCOCC4)c3)c3ccccc23)cc1. The predicted octanol–water partition coefficient (Wildman–Crippen LogP) is 8.00. The number of carbonyl (C=O) groups excluding carboxylic acids is 2. The molecule has 0 saturated carbocycles. The third kappa shape index (κ3) is 7.10. The molecule has 0 radical (unpaired) electrons. The van der Waals surface area contributed by atoms with E-state index >= 15 is 0 Å². The summed E-state index contributed by atoms with van der Waals surface area (Å²) >= 11 is 0. The third-order valence-corrected chi connectivity index (χ3v) is 8.18. The molecule has 2 N–H and O–H groups in total. The van der Waals surface area contributed by atoms with Gasteiger partial charge in [0.05, 0.1) is 22.8 Å². The number of hydrogen-bond acceptors (Lipinski definition) is 6. The second-order valence-corrected chi connectivity index (χ2v) is 12.8. The van der Waals surface area contributed by atoms with Crippen LogP contribution in [0.15, 0.2) is 85.1 Å². The number of urea groups is 1. The topological polar surface area (TPSA) is 107 Å². The van der Waals surface area contributed by atoms with Crippen molar-refractivity contribution in [3.8, 4) is 17.2 Å². The van der Waals surface area contributed by atoms with Crippen LogP contribution in [0.4, 0.5) is 16.3 Å². The van der Waals surface area contributed by atoms with Crippen molar-refractivity contribution in [1.29, 1.82) is 0 Å². The van der Waals surface area contributed by atoms with Crippen molar-refractivity contribution in [1.82, 2.24) is 14.8 Å². The van der Waals surface area contributed by atoms with Crippen LogP contribution in [0.2, 0.25) is 0 Å². The Balaban J connectivity index is 1.20. The quantitative estimate of drug-likeness (QED) is 0.183. The average molecular weight is 618 g/mol. The zero-order valence-corrected chi connectivity index (χ0v) is 26.7. The zero-order valence-electron chi connectivity index (χ0n) is 26.7. The van der Waals surface area contributed by atoms with Gasteiger partial charge in [-0.15, -0.1) is 0 Å². The van der Waals surface area contributed by atoms with Gasteiger partial charge < -0.3 is 14.8 Å². The fourth-order valence-electron chi connectivity index (χ4n) is 5.54. The molecule has 5 aromatic rings. The number of rotatable bonds is 8. The molecule has 3 aromatic carbocycles. The smallest absolute Gasteiger partial charge is 0.324 e. The number of pyridine rings is 1. The normalized spacial score (nSPS) is 13.8. The number of aryl methyl sites for hydroxylation is 1. The molecule has 1 fully saturated rings. The van der Waals surface area contributed by atoms with E-state index in [4.69, 9.17) is 14.6 Å². The van der Waals surface area contributed by atoms with E-state index in [0.717, 1.165) is 40.6 Å². The molecular formula is C37H39N5O4. The second-order valence-electron chi connectivity index (χ2n) is 12.8. The molecule has 2 aromatic heterocycles. The summed E-state index contributed by atoms with van der Waals surface area (Å²) in [4.78, 5) is 30.6. The van der Waals surface area contributed by atoms with Crippen LogP contribution in [0, 0.1) is 12.8 Å². The molecule has 1 saturated heterocycles. The van der Waals surface area contributed by atoms with Crippen LogP contribution in [-0.4, -0.2) is 39.8 Å². The standard InChI is InChI=1S/C37H39N5O4/c1-24-9-11-27(12-10-24)42-35(23-34(41-42)37(2,3)4)40-36(44)39-31-13-14-33(30-8-6-5-7-29(30)31)46-28-15-18-38-26(21-28)22-32(43)25-16-19-45-20-17-25/h5-15,18,21,23,25H,16-17,19-20,22H2,1-4H3,(H2,39,40,44). The number of nitrogens with one attached hydrogen (secondary N) is 2. The maximum absolute atomic E-state index is 13.4. The first-order valence-electron chi connectivity index (χ1n) is 15.6. The molecule has 236 valence electrons. The molecule has 46 heavy (non-hydrogen) atoms. The van der Waals surface area contributed by atoms with Gasteiger partial charge in [0.25, 0.3) is 0 Å². The van der Waals surface area contributed by atoms with E-state index in [9.17, 15) is 9.59 Å². The predicted molar refractivity (Wildman–Crippen MR) is 180 cm³/mol. The molecule has 0 bridgehead atoms. The van der Waals surface area contributed by atoms with Crippen LogP contribution < -0.4 is 15.4 Å². The number of nitrogens with zero attached hydrogens (tertiary/aromatic N) is 3. The fraction of sp³-hybridized carbons (Fsp3) is 0.297. The number of carbonyl (C=O) groups is 2. The summed E-state index contributed by atoms with van der Waals surface area (Å²) in [6.07, 6.45) is 3.44. The van der Waals surface area contributed by atoms with Gasteiger partial charge in [0.1, 0.15) is 23.1 Å². The van der Waals surface area contributed by atoms with Crippen molar-refractivity contribution in [3.63, 3.8) is 0 Å². The number of fused-ring (bicyclic) bond motifs is 1. The molecule has 6 rings (SSSR count). The molecular weight excluding hydrogens is 578 g/mol. The Bertz CT molecular complexity index is 1870. The van der Waals surface area contributed by atoms with E-state index in [0.29, 0.717) is 41.9 Å². The van der Waals surface area contributed by atoms with Crippen molar-refractivity contribution >= 4 is 34.1 Å². The average Bonchev–Trinajstić information content (AvgIpc) is 3.47. The lowest BCUT2D eigenvalue weighted by Crippen LogP contribution is -2.25. The minimum absolute atomic E-state index is 0.0185. The first-order chi connectivity index (χ1) is 22.1. The monoisotopic (exact) mass is 617 g/mol. The van der Waals surface area contributed by atoms with Crippen LogP contribution in [0.1, 0.15) is 50.6 Å². The van der Waals surface area contributed by atoms with Crippen molar-refractivity contribution in [2.75, 3.05) is 23.8 Å². The van der Waals surface area contributed by atoms with Crippen LogP contribution in [0.5, 0.6) is 11.5 Å². The maximum atomic E-state index is 13.4. The van der Waals surface area contributed by atoms with Gasteiger partial charge in [-0.3, -0.25) is 15.1 Å². The summed E-state index contributed by atoms with van der Waals surface area (Å²) in [5.74, 6) is 1.99.